The van der Waals surface area contributed by atoms with Crippen LogP contribution in [0.5, 0.6) is 0 Å². The summed E-state index contributed by atoms with van der Waals surface area (Å²) in [6, 6.07) is 10.4. The maximum atomic E-state index is 13.7. The van der Waals surface area contributed by atoms with Gasteiger partial charge in [0.1, 0.15) is 5.82 Å². The average Bonchev–Trinajstić information content (AvgIpc) is 3.58. The normalized spacial score (nSPS) is 18.6. The number of carbonyl (C=O) groups excluding carboxylic acids is 2. The van der Waals surface area contributed by atoms with Gasteiger partial charge < -0.3 is 11.1 Å². The SMILES string of the molecule is CC(C)c1ccc(C2C(C#N)=C(N)N(c3nnc(SCC(=O)Nc4nccs4)s3)C3=C2C(=O)CC(C)(C)C3)cc1. The number of nitrogens with two attached hydrogens (primary N) is 1. The van der Waals surface area contributed by atoms with E-state index >= 15 is 0 Å². The van der Waals surface area contributed by atoms with Crippen LogP contribution in [0.2, 0.25) is 0 Å². The number of thioether (sulfide) groups is 1. The molecule has 0 saturated heterocycles. The number of hydrogen-bond acceptors (Lipinski definition) is 11. The van der Waals surface area contributed by atoms with Crippen molar-refractivity contribution < 1.29 is 9.59 Å². The van der Waals surface area contributed by atoms with Gasteiger partial charge in [-0.05, 0) is 28.9 Å². The molecule has 2 aliphatic rings. The fraction of sp³-hybridized carbons (Fsp3) is 0.357. The molecular weight excluding hydrogens is 563 g/mol. The molecule has 1 aliphatic carbocycles. The Labute approximate surface area is 245 Å². The first-order chi connectivity index (χ1) is 19.1. The lowest BCUT2D eigenvalue weighted by Crippen LogP contribution is -2.42. The number of benzene rings is 1. The Morgan fingerprint density at radius 1 is 1.27 bits per heavy atom. The summed E-state index contributed by atoms with van der Waals surface area (Å²) in [6.07, 6.45) is 2.60. The van der Waals surface area contributed by atoms with Crippen LogP contribution in [0.15, 0.2) is 62.8 Å². The van der Waals surface area contributed by atoms with Crippen molar-refractivity contribution in [1.82, 2.24) is 15.2 Å². The van der Waals surface area contributed by atoms with Crippen LogP contribution in [0, 0.1) is 16.7 Å². The number of anilines is 2. The molecule has 5 rings (SSSR count). The second-order valence-corrected chi connectivity index (χ2v) is 13.9. The summed E-state index contributed by atoms with van der Waals surface area (Å²) in [6.45, 7) is 8.37. The number of amides is 1. The van der Waals surface area contributed by atoms with Gasteiger partial charge in [-0.1, -0.05) is 75.1 Å². The Balaban J connectivity index is 1.50. The average molecular weight is 592 g/mol. The third-order valence-corrected chi connectivity index (χ3v) is 9.64. The quantitative estimate of drug-likeness (QED) is 0.327. The molecule has 206 valence electrons. The first-order valence-corrected chi connectivity index (χ1v) is 15.5. The summed E-state index contributed by atoms with van der Waals surface area (Å²) in [5.41, 5.74) is 10.1. The van der Waals surface area contributed by atoms with E-state index < -0.39 is 5.92 Å². The minimum Gasteiger partial charge on any atom is -0.384 e. The number of allylic oxidation sites excluding steroid dienone is 3. The molecule has 3 heterocycles. The number of Topliss-reactive ketones (excluding diaryl/α,β-unsaturated/α-hetero) is 1. The molecule has 1 aromatic carbocycles. The van der Waals surface area contributed by atoms with Crippen molar-refractivity contribution in [1.29, 1.82) is 5.26 Å². The molecule has 0 bridgehead atoms. The number of nitrogens with zero attached hydrogens (tertiary/aromatic N) is 5. The van der Waals surface area contributed by atoms with Gasteiger partial charge in [-0.15, -0.1) is 21.5 Å². The van der Waals surface area contributed by atoms with Gasteiger partial charge in [-0.2, -0.15) is 5.26 Å². The Hall–Kier alpha value is -3.53. The number of nitriles is 1. The van der Waals surface area contributed by atoms with Crippen molar-refractivity contribution in [3.8, 4) is 6.07 Å². The fourth-order valence-electron chi connectivity index (χ4n) is 5.05. The molecule has 1 amide bonds. The highest BCUT2D eigenvalue weighted by Gasteiger charge is 2.45. The lowest BCUT2D eigenvalue weighted by atomic mass is 9.68. The summed E-state index contributed by atoms with van der Waals surface area (Å²) in [7, 11) is 0. The molecule has 1 atom stereocenters. The maximum absolute atomic E-state index is 13.7. The van der Waals surface area contributed by atoms with Crippen molar-refractivity contribution in [2.75, 3.05) is 16.0 Å². The van der Waals surface area contributed by atoms with E-state index in [1.807, 2.05) is 24.3 Å². The molecule has 0 spiro atoms. The van der Waals surface area contributed by atoms with Crippen LogP contribution in [0.4, 0.5) is 10.3 Å². The predicted molar refractivity (Wildman–Crippen MR) is 159 cm³/mol. The highest BCUT2D eigenvalue weighted by atomic mass is 32.2. The highest BCUT2D eigenvalue weighted by Crippen LogP contribution is 2.50. The molecular formula is C28H29N7O2S3. The van der Waals surface area contributed by atoms with Gasteiger partial charge in [0, 0.05) is 29.3 Å². The van der Waals surface area contributed by atoms with E-state index in [1.54, 1.807) is 16.5 Å². The second kappa shape index (κ2) is 11.2. The van der Waals surface area contributed by atoms with Crippen LogP contribution in [0.3, 0.4) is 0 Å². The van der Waals surface area contributed by atoms with Crippen LogP contribution in [-0.2, 0) is 9.59 Å². The molecule has 9 nitrogen and oxygen atoms in total. The van der Waals surface area contributed by atoms with Crippen LogP contribution in [0.1, 0.15) is 63.5 Å². The fourth-order valence-corrected chi connectivity index (χ4v) is 7.28. The minimum absolute atomic E-state index is 0.00686. The van der Waals surface area contributed by atoms with Crippen molar-refractivity contribution >= 4 is 56.4 Å². The first kappa shape index (κ1) is 28.0. The number of rotatable bonds is 7. The number of carbonyl (C=O) groups is 2. The molecule has 0 fully saturated rings. The lowest BCUT2D eigenvalue weighted by molar-refractivity contribution is -0.118. The molecule has 1 unspecified atom stereocenters. The molecule has 0 saturated carbocycles. The van der Waals surface area contributed by atoms with Crippen LogP contribution in [-0.4, -0.2) is 32.6 Å². The Morgan fingerprint density at radius 2 is 2.02 bits per heavy atom. The summed E-state index contributed by atoms with van der Waals surface area (Å²) in [4.78, 5) is 31.8. The molecule has 3 aromatic rings. The topological polar surface area (TPSA) is 138 Å². The number of aromatic nitrogens is 3. The second-order valence-electron chi connectivity index (χ2n) is 10.8. The van der Waals surface area contributed by atoms with E-state index in [0.29, 0.717) is 44.5 Å². The van der Waals surface area contributed by atoms with Gasteiger partial charge in [0.25, 0.3) is 0 Å². The number of nitrogens with one attached hydrogen (secondary N) is 1. The molecule has 0 radical (unpaired) electrons. The Morgan fingerprint density at radius 3 is 2.67 bits per heavy atom. The summed E-state index contributed by atoms with van der Waals surface area (Å²) in [5.74, 6) is 0.0129. The molecule has 1 aliphatic heterocycles. The van der Waals surface area contributed by atoms with Crippen molar-refractivity contribution in [2.24, 2.45) is 11.1 Å². The number of ketones is 1. The van der Waals surface area contributed by atoms with Crippen molar-refractivity contribution in [2.45, 2.75) is 56.7 Å². The number of thiazole rings is 1. The zero-order valence-corrected chi connectivity index (χ0v) is 25.0. The van der Waals surface area contributed by atoms with E-state index in [1.165, 1.54) is 40.0 Å². The van der Waals surface area contributed by atoms with Crippen molar-refractivity contribution in [3.05, 3.63) is 69.6 Å². The summed E-state index contributed by atoms with van der Waals surface area (Å²) >= 11 is 3.87. The third-order valence-electron chi connectivity index (χ3n) is 6.91. The standard InChI is InChI=1S/C28H29N7O2S3/c1-15(2)16-5-7-17(8-6-16)22-18(13-29)24(30)35(19-11-28(3,4)12-20(36)23(19)22)26-33-34-27(40-26)39-14-21(37)32-25-31-9-10-38-25/h5-10,15,22H,11-12,14,30H2,1-4H3,(H,31,32,37). The van der Waals surface area contributed by atoms with E-state index in [0.717, 1.165) is 11.3 Å². The van der Waals surface area contributed by atoms with E-state index in [-0.39, 0.29) is 28.7 Å². The van der Waals surface area contributed by atoms with Gasteiger partial charge in [0.05, 0.1) is 23.3 Å². The third kappa shape index (κ3) is 5.54. The van der Waals surface area contributed by atoms with Gasteiger partial charge in [0.2, 0.25) is 11.0 Å². The smallest absolute Gasteiger partial charge is 0.236 e. The van der Waals surface area contributed by atoms with E-state index in [2.05, 4.69) is 54.3 Å². The van der Waals surface area contributed by atoms with E-state index in [4.69, 9.17) is 5.73 Å². The van der Waals surface area contributed by atoms with Crippen LogP contribution >= 0.6 is 34.4 Å². The van der Waals surface area contributed by atoms with Crippen LogP contribution < -0.4 is 16.0 Å². The van der Waals surface area contributed by atoms with Gasteiger partial charge >= 0.3 is 0 Å². The predicted octanol–water partition coefficient (Wildman–Crippen LogP) is 5.79. The molecule has 3 N–H and O–H groups in total. The first-order valence-electron chi connectivity index (χ1n) is 12.8. The summed E-state index contributed by atoms with van der Waals surface area (Å²) < 4.78 is 0.575. The van der Waals surface area contributed by atoms with Crippen LogP contribution in [0.25, 0.3) is 0 Å². The van der Waals surface area contributed by atoms with Gasteiger partial charge in [0.15, 0.2) is 15.3 Å². The molecule has 12 heteroatoms. The Kier molecular flexibility index (Phi) is 7.81. The molecule has 2 aromatic heterocycles. The maximum Gasteiger partial charge on any atom is 0.236 e. The zero-order chi connectivity index (χ0) is 28.6. The monoisotopic (exact) mass is 591 g/mol. The van der Waals surface area contributed by atoms with E-state index in [9.17, 15) is 14.9 Å². The minimum atomic E-state index is -0.544. The lowest BCUT2D eigenvalue weighted by Gasteiger charge is -2.42. The largest absolute Gasteiger partial charge is 0.384 e. The number of hydrogen-bond donors (Lipinski definition) is 2. The summed E-state index contributed by atoms with van der Waals surface area (Å²) in [5, 5.41) is 24.5. The molecule has 40 heavy (non-hydrogen) atoms. The highest BCUT2D eigenvalue weighted by molar-refractivity contribution is 8.01. The zero-order valence-electron chi connectivity index (χ0n) is 22.6. The Bertz CT molecular complexity index is 1550. The van der Waals surface area contributed by atoms with Gasteiger partial charge in [-0.25, -0.2) is 4.98 Å². The van der Waals surface area contributed by atoms with Crippen molar-refractivity contribution in [3.63, 3.8) is 0 Å². The van der Waals surface area contributed by atoms with Gasteiger partial charge in [-0.3, -0.25) is 14.5 Å².